The number of ether oxygens (including phenoxy) is 1. The van der Waals surface area contributed by atoms with Crippen LogP contribution in [0.25, 0.3) is 0 Å². The molecular weight excluding hydrogens is 96.0 g/mol. The van der Waals surface area contributed by atoms with Crippen molar-refractivity contribution in [3.05, 3.63) is 0 Å². The normalized spacial score (nSPS) is 11.4. The summed E-state index contributed by atoms with van der Waals surface area (Å²) in [5.74, 6) is -1.82. The summed E-state index contributed by atoms with van der Waals surface area (Å²) in [7, 11) is 0. The van der Waals surface area contributed by atoms with Crippen LogP contribution in [0.5, 0.6) is 0 Å². The van der Waals surface area contributed by atoms with Gasteiger partial charge in [0.25, 0.3) is 0 Å². The smallest absolute Gasteiger partial charge is 0.310 e. The molecule has 0 aliphatic rings. The highest BCUT2D eigenvalue weighted by Crippen LogP contribution is 1.73. The summed E-state index contributed by atoms with van der Waals surface area (Å²) in [6.07, 6.45) is 0. The first kappa shape index (κ1) is 3.18. The molecule has 0 unspecified atom stereocenters. The predicted molar refractivity (Wildman–Crippen MR) is 22.4 cm³/mol. The number of carbonyl (C=O) groups is 2. The van der Waals surface area contributed by atoms with Crippen molar-refractivity contribution in [3.8, 4) is 0 Å². The molecule has 0 saturated carbocycles. The fraction of sp³-hybridized carbons (Fsp3) is 0.500. The quantitative estimate of drug-likeness (QED) is 0.325. The number of esters is 2. The zero-order valence-corrected chi connectivity index (χ0v) is 3.64. The van der Waals surface area contributed by atoms with Gasteiger partial charge in [-0.15, -0.1) is 0 Å². The van der Waals surface area contributed by atoms with Crippen molar-refractivity contribution in [1.82, 2.24) is 0 Å². The molecule has 0 atom stereocenters. The van der Waals surface area contributed by atoms with Crippen molar-refractivity contribution in [2.45, 2.75) is 13.8 Å². The van der Waals surface area contributed by atoms with E-state index in [2.05, 4.69) is 4.74 Å². The Balaban J connectivity index is 3.47. The van der Waals surface area contributed by atoms with Crippen LogP contribution in [0, 0.1) is 0 Å². The minimum absolute atomic E-state index is 0.578. The second-order valence-corrected chi connectivity index (χ2v) is 0.846. The number of rotatable bonds is 0. The van der Waals surface area contributed by atoms with Gasteiger partial charge in [-0.3, -0.25) is 9.59 Å². The predicted octanol–water partition coefficient (Wildman–Crippen LogP) is 0.0960. The molecule has 0 amide bonds. The first-order chi connectivity index (χ1) is 4.20. The molecule has 0 fully saturated rings. The summed E-state index contributed by atoms with van der Waals surface area (Å²) >= 11 is 0. The maximum Gasteiger partial charge on any atom is 0.310 e. The van der Waals surface area contributed by atoms with E-state index in [0.29, 0.717) is 0 Å². The second-order valence-electron chi connectivity index (χ2n) is 0.846. The molecular formula is C4H6O3. The molecule has 0 aromatic rings. The van der Waals surface area contributed by atoms with E-state index in [9.17, 15) is 9.59 Å². The molecule has 0 rings (SSSR count). The maximum atomic E-state index is 10.1. The highest BCUT2D eigenvalue weighted by atomic mass is 16.6. The van der Waals surface area contributed by atoms with Gasteiger partial charge in [-0.2, -0.15) is 0 Å². The molecule has 0 aliphatic carbocycles. The first-order valence-electron chi connectivity index (χ1n) is 2.94. The van der Waals surface area contributed by atoms with Gasteiger partial charge in [-0.25, -0.2) is 0 Å². The van der Waals surface area contributed by atoms with Crippen LogP contribution < -0.4 is 0 Å². The van der Waals surface area contributed by atoms with E-state index >= 15 is 0 Å². The fourth-order valence-electron chi connectivity index (χ4n) is 0.127. The molecule has 40 valence electrons. The van der Waals surface area contributed by atoms with Crippen LogP contribution >= 0.6 is 0 Å². The molecule has 7 heavy (non-hydrogen) atoms. The van der Waals surface area contributed by atoms with E-state index in [0.717, 1.165) is 0 Å². The number of hydrogen-bond donors (Lipinski definition) is 0. The molecule has 0 aromatic heterocycles. The average molecular weight is 106 g/mol. The lowest BCUT2D eigenvalue weighted by atomic mass is 10.7. The fourth-order valence-corrected chi connectivity index (χ4v) is 0.127. The second kappa shape index (κ2) is 2.34. The lowest BCUT2D eigenvalue weighted by molar-refractivity contribution is -0.156. The molecule has 0 N–H and O–H groups in total. The van der Waals surface area contributed by atoms with Crippen LogP contribution in [0.2, 0.25) is 0 Å². The Labute approximate surface area is 44.1 Å². The Hall–Kier alpha value is -0.860. The third-order valence-electron chi connectivity index (χ3n) is 0.228. The van der Waals surface area contributed by atoms with E-state index in [1.807, 2.05) is 0 Å². The Bertz CT molecular complexity index is 109. The molecule has 0 aliphatic heterocycles. The van der Waals surface area contributed by atoms with Gasteiger partial charge in [-0.1, -0.05) is 0 Å². The van der Waals surface area contributed by atoms with Crippen LogP contribution in [0.4, 0.5) is 0 Å². The summed E-state index contributed by atoms with van der Waals surface area (Å²) < 4.78 is 16.7. The standard InChI is InChI=1S/C4H6O3/c1-3(5)7-4(2)6/h1-2H3/i1T,2T. The van der Waals surface area contributed by atoms with Crippen LogP contribution in [0.15, 0.2) is 0 Å². The van der Waals surface area contributed by atoms with E-state index in [4.69, 9.17) is 2.74 Å². The summed E-state index contributed by atoms with van der Waals surface area (Å²) in [5.41, 5.74) is 0. The third-order valence-corrected chi connectivity index (χ3v) is 0.228. The Morgan fingerprint density at radius 2 is 1.86 bits per heavy atom. The van der Waals surface area contributed by atoms with Crippen molar-refractivity contribution in [2.75, 3.05) is 0 Å². The van der Waals surface area contributed by atoms with E-state index in [1.165, 1.54) is 0 Å². The minimum Gasteiger partial charge on any atom is -0.394 e. The highest BCUT2D eigenvalue weighted by molar-refractivity contribution is 5.82. The van der Waals surface area contributed by atoms with Gasteiger partial charge in [0.15, 0.2) is 0 Å². The van der Waals surface area contributed by atoms with Crippen molar-refractivity contribution < 1.29 is 17.1 Å². The maximum absolute atomic E-state index is 10.1. The highest BCUT2D eigenvalue weighted by Gasteiger charge is 1.93. The molecule has 0 spiro atoms. The molecule has 0 heterocycles. The van der Waals surface area contributed by atoms with Gasteiger partial charge >= 0.3 is 11.9 Å². The molecule has 3 heteroatoms. The van der Waals surface area contributed by atoms with Gasteiger partial charge in [0.1, 0.15) is 0 Å². The number of hydrogen-bond acceptors (Lipinski definition) is 3. The SMILES string of the molecule is [3H]CC(=O)OC(=O)C[3H]. The van der Waals surface area contributed by atoms with Crippen molar-refractivity contribution in [3.63, 3.8) is 0 Å². The van der Waals surface area contributed by atoms with Crippen molar-refractivity contribution >= 4 is 11.9 Å². The summed E-state index contributed by atoms with van der Waals surface area (Å²) in [5, 5.41) is 0. The lowest BCUT2D eigenvalue weighted by Gasteiger charge is -1.87. The van der Waals surface area contributed by atoms with Crippen LogP contribution in [-0.2, 0) is 14.3 Å². The zero-order chi connectivity index (χ0) is 7.28. The molecule has 0 radical (unpaired) electrons. The van der Waals surface area contributed by atoms with Gasteiger partial charge in [0.05, 0.1) is 0 Å². The zero-order valence-electron chi connectivity index (χ0n) is 5.64. The van der Waals surface area contributed by atoms with Crippen molar-refractivity contribution in [1.29, 1.82) is 0 Å². The molecule has 0 saturated heterocycles. The average Bonchev–Trinajstić information content (AvgIpc) is 1.87. The van der Waals surface area contributed by atoms with Gasteiger partial charge < -0.3 is 4.74 Å². The summed E-state index contributed by atoms with van der Waals surface area (Å²) in [4.78, 5) is 20.1. The minimum atomic E-state index is -0.910. The summed E-state index contributed by atoms with van der Waals surface area (Å²) in [6.45, 7) is -1.16. The van der Waals surface area contributed by atoms with Crippen molar-refractivity contribution in [2.24, 2.45) is 0 Å². The monoisotopic (exact) mass is 106 g/mol. The van der Waals surface area contributed by atoms with E-state index < -0.39 is 25.7 Å². The molecule has 3 nitrogen and oxygen atoms in total. The Morgan fingerprint density at radius 1 is 1.43 bits per heavy atom. The Morgan fingerprint density at radius 3 is 2.14 bits per heavy atom. The van der Waals surface area contributed by atoms with Crippen LogP contribution in [-0.4, -0.2) is 11.9 Å². The first-order valence-corrected chi connectivity index (χ1v) is 1.52. The van der Waals surface area contributed by atoms with E-state index in [-0.39, 0.29) is 0 Å². The lowest BCUT2D eigenvalue weighted by Crippen LogP contribution is -2.03. The van der Waals surface area contributed by atoms with Gasteiger partial charge in [-0.05, 0) is 0 Å². The topological polar surface area (TPSA) is 43.4 Å². The van der Waals surface area contributed by atoms with Gasteiger partial charge in [0.2, 0.25) is 0 Å². The largest absolute Gasteiger partial charge is 0.394 e. The third kappa shape index (κ3) is 5.14. The molecule has 0 aromatic carbocycles. The molecule has 0 bridgehead atoms. The summed E-state index contributed by atoms with van der Waals surface area (Å²) in [6, 6.07) is 0. The van der Waals surface area contributed by atoms with Crippen LogP contribution in [0.1, 0.15) is 16.5 Å². The number of carbonyl (C=O) groups excluding carboxylic acids is 2. The Kier molecular flexibility index (Phi) is 1.06. The van der Waals surface area contributed by atoms with Gasteiger partial charge in [0, 0.05) is 16.5 Å². The van der Waals surface area contributed by atoms with Crippen LogP contribution in [0.3, 0.4) is 0 Å². The van der Waals surface area contributed by atoms with E-state index in [1.54, 1.807) is 0 Å².